The molecule has 0 aliphatic rings. The van der Waals surface area contributed by atoms with Gasteiger partial charge in [-0.05, 0) is 55.3 Å². The lowest BCUT2D eigenvalue weighted by atomic mass is 10.1. The first-order valence-electron chi connectivity index (χ1n) is 7.52. The molecule has 0 unspecified atom stereocenters. The van der Waals surface area contributed by atoms with Gasteiger partial charge in [0.2, 0.25) is 11.8 Å². The van der Waals surface area contributed by atoms with E-state index in [1.807, 2.05) is 19.9 Å². The molecular weight excluding hydrogens is 342 g/mol. The highest BCUT2D eigenvalue weighted by Crippen LogP contribution is 2.20. The Kier molecular flexibility index (Phi) is 5.77. The fraction of sp³-hybridized carbons (Fsp3) is 0.167. The second kappa shape index (κ2) is 7.81. The van der Waals surface area contributed by atoms with Gasteiger partial charge in [0.1, 0.15) is 0 Å². The Morgan fingerprint density at radius 3 is 2.40 bits per heavy atom. The maximum atomic E-state index is 12.1. The van der Waals surface area contributed by atoms with Crippen molar-refractivity contribution in [1.29, 1.82) is 0 Å². The lowest BCUT2D eigenvalue weighted by Gasteiger charge is -2.09. The Balaban J connectivity index is 1.96. The molecule has 0 heterocycles. The van der Waals surface area contributed by atoms with E-state index in [4.69, 9.17) is 17.3 Å². The maximum absolute atomic E-state index is 12.1. The summed E-state index contributed by atoms with van der Waals surface area (Å²) in [6.45, 7) is 3.66. The van der Waals surface area contributed by atoms with Crippen LogP contribution in [0.3, 0.4) is 0 Å². The van der Waals surface area contributed by atoms with Gasteiger partial charge in [0.15, 0.2) is 0 Å². The van der Waals surface area contributed by atoms with Gasteiger partial charge in [-0.1, -0.05) is 17.7 Å². The molecule has 6 nitrogen and oxygen atoms in total. The van der Waals surface area contributed by atoms with Crippen LogP contribution >= 0.6 is 11.6 Å². The summed E-state index contributed by atoms with van der Waals surface area (Å²) in [7, 11) is 0. The molecular formula is C18H18ClN3O3. The minimum Gasteiger partial charge on any atom is -0.366 e. The van der Waals surface area contributed by atoms with Gasteiger partial charge in [-0.2, -0.15) is 0 Å². The van der Waals surface area contributed by atoms with Gasteiger partial charge in [-0.15, -0.1) is 0 Å². The summed E-state index contributed by atoms with van der Waals surface area (Å²) in [5.74, 6) is -1.47. The molecule has 2 rings (SSSR count). The molecule has 2 aromatic rings. The minimum absolute atomic E-state index is 0.110. The Labute approximate surface area is 150 Å². The summed E-state index contributed by atoms with van der Waals surface area (Å²) in [4.78, 5) is 35.3. The lowest BCUT2D eigenvalue weighted by molar-refractivity contribution is -0.115. The summed E-state index contributed by atoms with van der Waals surface area (Å²) in [5.41, 5.74) is 8.25. The number of benzene rings is 2. The average molecular weight is 360 g/mol. The van der Waals surface area contributed by atoms with E-state index < -0.39 is 11.8 Å². The van der Waals surface area contributed by atoms with Crippen LogP contribution in [-0.2, 0) is 4.79 Å². The third-order valence-electron chi connectivity index (χ3n) is 3.69. The average Bonchev–Trinajstić information content (AvgIpc) is 2.56. The van der Waals surface area contributed by atoms with Crippen LogP contribution in [0.15, 0.2) is 36.4 Å². The quantitative estimate of drug-likeness (QED) is 0.764. The Bertz CT molecular complexity index is 849. The van der Waals surface area contributed by atoms with Gasteiger partial charge < -0.3 is 16.4 Å². The van der Waals surface area contributed by atoms with E-state index in [2.05, 4.69) is 10.6 Å². The lowest BCUT2D eigenvalue weighted by Crippen LogP contribution is -2.33. The summed E-state index contributed by atoms with van der Waals surface area (Å²) in [5, 5.41) is 5.32. The molecule has 0 aliphatic heterocycles. The van der Waals surface area contributed by atoms with Crippen molar-refractivity contribution in [2.24, 2.45) is 5.73 Å². The zero-order valence-corrected chi connectivity index (χ0v) is 14.6. The van der Waals surface area contributed by atoms with Gasteiger partial charge in [-0.3, -0.25) is 14.4 Å². The fourth-order valence-electron chi connectivity index (χ4n) is 2.14. The highest BCUT2D eigenvalue weighted by Gasteiger charge is 2.11. The normalized spacial score (nSPS) is 10.2. The summed E-state index contributed by atoms with van der Waals surface area (Å²) in [6, 6.07) is 9.70. The number of hydrogen-bond donors (Lipinski definition) is 3. The van der Waals surface area contributed by atoms with Gasteiger partial charge in [0.25, 0.3) is 5.91 Å². The summed E-state index contributed by atoms with van der Waals surface area (Å²) >= 11 is 5.85. The molecule has 130 valence electrons. The largest absolute Gasteiger partial charge is 0.366 e. The molecule has 0 aromatic heterocycles. The molecule has 25 heavy (non-hydrogen) atoms. The van der Waals surface area contributed by atoms with Crippen molar-refractivity contribution < 1.29 is 14.4 Å². The topological polar surface area (TPSA) is 101 Å². The van der Waals surface area contributed by atoms with Gasteiger partial charge in [0.05, 0.1) is 17.1 Å². The number of halogens is 1. The van der Waals surface area contributed by atoms with Crippen molar-refractivity contribution in [3.8, 4) is 0 Å². The number of nitrogens with two attached hydrogens (primary N) is 1. The van der Waals surface area contributed by atoms with Crippen LogP contribution in [0.2, 0.25) is 5.02 Å². The molecule has 0 spiro atoms. The van der Waals surface area contributed by atoms with Crippen molar-refractivity contribution in [2.45, 2.75) is 13.8 Å². The second-order valence-electron chi connectivity index (χ2n) is 5.59. The Hall–Kier alpha value is -2.86. The van der Waals surface area contributed by atoms with E-state index in [0.717, 1.165) is 11.1 Å². The van der Waals surface area contributed by atoms with Crippen LogP contribution in [0.4, 0.5) is 5.69 Å². The van der Waals surface area contributed by atoms with Crippen molar-refractivity contribution in [1.82, 2.24) is 5.32 Å². The second-order valence-corrected chi connectivity index (χ2v) is 6.00. The van der Waals surface area contributed by atoms with Gasteiger partial charge >= 0.3 is 0 Å². The number of anilines is 1. The van der Waals surface area contributed by atoms with Crippen LogP contribution in [-0.4, -0.2) is 24.3 Å². The minimum atomic E-state index is -0.691. The highest BCUT2D eigenvalue weighted by atomic mass is 35.5. The first kappa shape index (κ1) is 18.5. The van der Waals surface area contributed by atoms with E-state index in [1.165, 1.54) is 18.2 Å². The smallest absolute Gasteiger partial charge is 0.251 e. The standard InChI is InChI=1S/C18H18ClN3O3/c1-10-3-4-12(7-11(10)2)18(25)21-9-16(23)22-13-5-6-15(19)14(8-13)17(20)24/h3-8H,9H2,1-2H3,(H2,20,24)(H,21,25)(H,22,23). The number of rotatable bonds is 5. The number of nitrogens with one attached hydrogen (secondary N) is 2. The third-order valence-corrected chi connectivity index (χ3v) is 4.02. The van der Waals surface area contributed by atoms with E-state index >= 15 is 0 Å². The third kappa shape index (κ3) is 4.81. The van der Waals surface area contributed by atoms with Crippen LogP contribution in [0.1, 0.15) is 31.8 Å². The molecule has 0 bridgehead atoms. The van der Waals surface area contributed by atoms with Gasteiger partial charge in [0, 0.05) is 11.3 Å². The van der Waals surface area contributed by atoms with Crippen molar-refractivity contribution in [2.75, 3.05) is 11.9 Å². The number of primary amides is 1. The van der Waals surface area contributed by atoms with Crippen LogP contribution in [0.5, 0.6) is 0 Å². The monoisotopic (exact) mass is 359 g/mol. The van der Waals surface area contributed by atoms with E-state index in [-0.39, 0.29) is 23.0 Å². The van der Waals surface area contributed by atoms with Crippen LogP contribution in [0, 0.1) is 13.8 Å². The molecule has 0 fully saturated rings. The van der Waals surface area contributed by atoms with E-state index in [0.29, 0.717) is 11.3 Å². The zero-order valence-electron chi connectivity index (χ0n) is 13.9. The molecule has 3 amide bonds. The molecule has 0 atom stereocenters. The van der Waals surface area contributed by atoms with Crippen LogP contribution in [0.25, 0.3) is 0 Å². The van der Waals surface area contributed by atoms with E-state index in [9.17, 15) is 14.4 Å². The number of aryl methyl sites for hydroxylation is 2. The number of hydrogen-bond acceptors (Lipinski definition) is 3. The summed E-state index contributed by atoms with van der Waals surface area (Å²) in [6.07, 6.45) is 0. The predicted octanol–water partition coefficient (Wildman–Crippen LogP) is 2.42. The SMILES string of the molecule is Cc1ccc(C(=O)NCC(=O)Nc2ccc(Cl)c(C(N)=O)c2)cc1C. The van der Waals surface area contributed by atoms with Gasteiger partial charge in [-0.25, -0.2) is 0 Å². The fourth-order valence-corrected chi connectivity index (χ4v) is 2.35. The number of carbonyl (C=O) groups excluding carboxylic acids is 3. The maximum Gasteiger partial charge on any atom is 0.251 e. The van der Waals surface area contributed by atoms with E-state index in [1.54, 1.807) is 12.1 Å². The molecule has 7 heteroatoms. The Morgan fingerprint density at radius 2 is 1.76 bits per heavy atom. The molecule has 0 saturated carbocycles. The number of carbonyl (C=O) groups is 3. The van der Waals surface area contributed by atoms with Crippen molar-refractivity contribution in [3.63, 3.8) is 0 Å². The molecule has 0 saturated heterocycles. The zero-order chi connectivity index (χ0) is 18.6. The highest BCUT2D eigenvalue weighted by molar-refractivity contribution is 6.34. The first-order chi connectivity index (χ1) is 11.8. The molecule has 0 aliphatic carbocycles. The molecule has 2 aromatic carbocycles. The summed E-state index contributed by atoms with van der Waals surface area (Å²) < 4.78 is 0. The number of amides is 3. The van der Waals surface area contributed by atoms with Crippen LogP contribution < -0.4 is 16.4 Å². The van der Waals surface area contributed by atoms with Crippen molar-refractivity contribution in [3.05, 3.63) is 63.7 Å². The molecule has 4 N–H and O–H groups in total. The predicted molar refractivity (Wildman–Crippen MR) is 96.8 cm³/mol. The first-order valence-corrected chi connectivity index (χ1v) is 7.90. The molecule has 0 radical (unpaired) electrons. The van der Waals surface area contributed by atoms with Crippen molar-refractivity contribution >= 4 is 35.0 Å². The Morgan fingerprint density at radius 1 is 1.04 bits per heavy atom.